The molecule has 1 aliphatic rings. The van der Waals surface area contributed by atoms with Crippen LogP contribution < -0.4 is 4.90 Å². The van der Waals surface area contributed by atoms with Crippen molar-refractivity contribution < 1.29 is 14.3 Å². The topological polar surface area (TPSA) is 46.6 Å². The van der Waals surface area contributed by atoms with Crippen LogP contribution in [-0.4, -0.2) is 25.5 Å². The summed E-state index contributed by atoms with van der Waals surface area (Å²) in [5.74, 6) is -0.804. The number of carbonyl (C=O) groups excluding carboxylic acids is 2. The van der Waals surface area contributed by atoms with Crippen LogP contribution in [0, 0.1) is 12.8 Å². The first kappa shape index (κ1) is 12.9. The zero-order valence-corrected chi connectivity index (χ0v) is 11.0. The Morgan fingerprint density at radius 3 is 2.89 bits per heavy atom. The summed E-state index contributed by atoms with van der Waals surface area (Å²) in [7, 11) is 1.33. The van der Waals surface area contributed by atoms with Gasteiger partial charge in [-0.25, -0.2) is 0 Å². The van der Waals surface area contributed by atoms with Crippen molar-refractivity contribution >= 4 is 29.2 Å². The molecule has 1 atom stereocenters. The fraction of sp³-hybridized carbons (Fsp3) is 0.385. The standard InChI is InChI=1S/C13H14ClNO3/c1-8-3-4-10(14)6-11(8)15-7-9(5-12(15)16)13(17)18-2/h3-4,6,9H,5,7H2,1-2H3/t9-/m1/s1. The highest BCUT2D eigenvalue weighted by Gasteiger charge is 2.36. The van der Waals surface area contributed by atoms with Crippen LogP contribution in [0.25, 0.3) is 0 Å². The molecule has 0 radical (unpaired) electrons. The molecule has 2 rings (SSSR count). The van der Waals surface area contributed by atoms with E-state index in [0.717, 1.165) is 11.3 Å². The van der Waals surface area contributed by atoms with Gasteiger partial charge in [-0.3, -0.25) is 9.59 Å². The summed E-state index contributed by atoms with van der Waals surface area (Å²) in [5, 5.41) is 0.574. The number of benzene rings is 1. The molecule has 0 spiro atoms. The maximum absolute atomic E-state index is 11.9. The normalized spacial score (nSPS) is 19.2. The van der Waals surface area contributed by atoms with Gasteiger partial charge in [-0.1, -0.05) is 17.7 Å². The van der Waals surface area contributed by atoms with Gasteiger partial charge in [0.15, 0.2) is 0 Å². The van der Waals surface area contributed by atoms with Crippen LogP contribution in [-0.2, 0) is 14.3 Å². The fourth-order valence-corrected chi connectivity index (χ4v) is 2.30. The van der Waals surface area contributed by atoms with Crippen molar-refractivity contribution in [3.05, 3.63) is 28.8 Å². The monoisotopic (exact) mass is 267 g/mol. The molecule has 0 bridgehead atoms. The number of rotatable bonds is 2. The van der Waals surface area contributed by atoms with Crippen LogP contribution in [0.2, 0.25) is 5.02 Å². The maximum atomic E-state index is 11.9. The van der Waals surface area contributed by atoms with Gasteiger partial charge in [0.25, 0.3) is 0 Å². The molecule has 4 nitrogen and oxygen atoms in total. The zero-order valence-electron chi connectivity index (χ0n) is 10.3. The SMILES string of the molecule is COC(=O)[C@@H]1CC(=O)N(c2cc(Cl)ccc2C)C1. The molecule has 18 heavy (non-hydrogen) atoms. The minimum atomic E-state index is -0.388. The van der Waals surface area contributed by atoms with Crippen molar-refractivity contribution in [3.8, 4) is 0 Å². The molecule has 5 heteroatoms. The second-order valence-electron chi connectivity index (χ2n) is 4.36. The van der Waals surface area contributed by atoms with Gasteiger partial charge in [0.1, 0.15) is 0 Å². The van der Waals surface area contributed by atoms with E-state index in [1.54, 1.807) is 17.0 Å². The van der Waals surface area contributed by atoms with E-state index in [1.807, 2.05) is 13.0 Å². The molecule has 0 saturated carbocycles. The Labute approximate surface area is 110 Å². The Morgan fingerprint density at radius 2 is 2.22 bits per heavy atom. The molecule has 0 unspecified atom stereocenters. The molecule has 1 aromatic carbocycles. The van der Waals surface area contributed by atoms with Gasteiger partial charge in [-0.15, -0.1) is 0 Å². The third kappa shape index (κ3) is 2.34. The van der Waals surface area contributed by atoms with Gasteiger partial charge in [-0.2, -0.15) is 0 Å². The largest absolute Gasteiger partial charge is 0.469 e. The van der Waals surface area contributed by atoms with E-state index >= 15 is 0 Å². The summed E-state index contributed by atoms with van der Waals surface area (Å²) in [6.07, 6.45) is 0.193. The molecule has 96 valence electrons. The molecule has 1 heterocycles. The number of aryl methyl sites for hydroxylation is 1. The highest BCUT2D eigenvalue weighted by Crippen LogP contribution is 2.30. The second kappa shape index (κ2) is 4.98. The van der Waals surface area contributed by atoms with Gasteiger partial charge in [0.05, 0.1) is 13.0 Å². The molecular weight excluding hydrogens is 254 g/mol. The first-order valence-corrected chi connectivity index (χ1v) is 6.05. The Balaban J connectivity index is 2.27. The van der Waals surface area contributed by atoms with Crippen LogP contribution in [0.1, 0.15) is 12.0 Å². The van der Waals surface area contributed by atoms with Crippen molar-refractivity contribution in [1.82, 2.24) is 0 Å². The van der Waals surface area contributed by atoms with Crippen LogP contribution >= 0.6 is 11.6 Å². The molecule has 1 saturated heterocycles. The number of carbonyl (C=O) groups is 2. The van der Waals surface area contributed by atoms with Gasteiger partial charge in [0, 0.05) is 23.7 Å². The third-order valence-corrected chi connectivity index (χ3v) is 3.36. The Bertz CT molecular complexity index is 501. The minimum Gasteiger partial charge on any atom is -0.469 e. The van der Waals surface area contributed by atoms with Crippen molar-refractivity contribution in [2.24, 2.45) is 5.92 Å². The Morgan fingerprint density at radius 1 is 1.50 bits per heavy atom. The first-order valence-electron chi connectivity index (χ1n) is 5.67. The molecular formula is C13H14ClNO3. The van der Waals surface area contributed by atoms with Crippen molar-refractivity contribution in [1.29, 1.82) is 0 Å². The summed E-state index contributed by atoms with van der Waals surface area (Å²) in [6.45, 7) is 2.26. The average molecular weight is 268 g/mol. The van der Waals surface area contributed by atoms with E-state index in [-0.39, 0.29) is 24.2 Å². The van der Waals surface area contributed by atoms with Crippen LogP contribution in [0.4, 0.5) is 5.69 Å². The lowest BCUT2D eigenvalue weighted by Crippen LogP contribution is -2.26. The zero-order chi connectivity index (χ0) is 13.3. The smallest absolute Gasteiger partial charge is 0.311 e. The number of anilines is 1. The number of halogens is 1. The predicted octanol–water partition coefficient (Wildman–Crippen LogP) is 2.17. The first-order chi connectivity index (χ1) is 8.52. The minimum absolute atomic E-state index is 0.0734. The lowest BCUT2D eigenvalue weighted by atomic mass is 10.1. The summed E-state index contributed by atoms with van der Waals surface area (Å²) >= 11 is 5.94. The number of hydrogen-bond donors (Lipinski definition) is 0. The van der Waals surface area contributed by atoms with Gasteiger partial charge < -0.3 is 9.64 Å². The van der Waals surface area contributed by atoms with E-state index < -0.39 is 0 Å². The summed E-state index contributed by atoms with van der Waals surface area (Å²) in [6, 6.07) is 5.38. The van der Waals surface area contributed by atoms with Gasteiger partial charge in [0.2, 0.25) is 5.91 Å². The highest BCUT2D eigenvalue weighted by atomic mass is 35.5. The third-order valence-electron chi connectivity index (χ3n) is 3.12. The van der Waals surface area contributed by atoms with Gasteiger partial charge in [-0.05, 0) is 24.6 Å². The van der Waals surface area contributed by atoms with E-state index in [0.29, 0.717) is 11.6 Å². The van der Waals surface area contributed by atoms with E-state index in [1.165, 1.54) is 7.11 Å². The van der Waals surface area contributed by atoms with Crippen LogP contribution in [0.3, 0.4) is 0 Å². The summed E-state index contributed by atoms with van der Waals surface area (Å²) in [4.78, 5) is 25.0. The molecule has 1 aromatic rings. The van der Waals surface area contributed by atoms with Crippen molar-refractivity contribution in [2.45, 2.75) is 13.3 Å². The van der Waals surface area contributed by atoms with E-state index in [4.69, 9.17) is 11.6 Å². The quantitative estimate of drug-likeness (QED) is 0.772. The lowest BCUT2D eigenvalue weighted by Gasteiger charge is -2.19. The summed E-state index contributed by atoms with van der Waals surface area (Å²) < 4.78 is 4.68. The predicted molar refractivity (Wildman–Crippen MR) is 68.7 cm³/mol. The van der Waals surface area contributed by atoms with E-state index in [9.17, 15) is 9.59 Å². The lowest BCUT2D eigenvalue weighted by molar-refractivity contribution is -0.145. The molecule has 0 aliphatic carbocycles. The molecule has 1 aliphatic heterocycles. The highest BCUT2D eigenvalue weighted by molar-refractivity contribution is 6.31. The Kier molecular flexibility index (Phi) is 3.57. The van der Waals surface area contributed by atoms with Crippen molar-refractivity contribution in [3.63, 3.8) is 0 Å². The molecule has 0 N–H and O–H groups in total. The van der Waals surface area contributed by atoms with E-state index in [2.05, 4.69) is 4.74 Å². The molecule has 0 aromatic heterocycles. The molecule has 1 fully saturated rings. The van der Waals surface area contributed by atoms with Crippen LogP contribution in [0.15, 0.2) is 18.2 Å². The van der Waals surface area contributed by atoms with Gasteiger partial charge >= 0.3 is 5.97 Å². The summed E-state index contributed by atoms with van der Waals surface area (Å²) in [5.41, 5.74) is 1.72. The number of esters is 1. The average Bonchev–Trinajstić information content (AvgIpc) is 2.73. The number of ether oxygens (including phenoxy) is 1. The number of amides is 1. The Hall–Kier alpha value is -1.55. The second-order valence-corrected chi connectivity index (χ2v) is 4.80. The number of hydrogen-bond acceptors (Lipinski definition) is 3. The number of nitrogens with zero attached hydrogens (tertiary/aromatic N) is 1. The number of methoxy groups -OCH3 is 1. The van der Waals surface area contributed by atoms with Crippen molar-refractivity contribution in [2.75, 3.05) is 18.6 Å². The maximum Gasteiger partial charge on any atom is 0.311 e. The van der Waals surface area contributed by atoms with Crippen LogP contribution in [0.5, 0.6) is 0 Å². The fourth-order valence-electron chi connectivity index (χ4n) is 2.14. The molecule has 1 amide bonds.